The number of halogens is 1. The Kier molecular flexibility index (Phi) is 2.92. The Labute approximate surface area is 107 Å². The molecule has 0 radical (unpaired) electrons. The van der Waals surface area contributed by atoms with Crippen LogP contribution in [0.3, 0.4) is 0 Å². The van der Waals surface area contributed by atoms with Crippen molar-refractivity contribution in [3.8, 4) is 0 Å². The first kappa shape index (κ1) is 12.3. The van der Waals surface area contributed by atoms with Gasteiger partial charge in [0.05, 0.1) is 16.3 Å². The number of benzene rings is 1. The second kappa shape index (κ2) is 4.27. The third-order valence-corrected chi connectivity index (χ3v) is 2.85. The quantitative estimate of drug-likeness (QED) is 0.828. The molecule has 0 unspecified atom stereocenters. The van der Waals surface area contributed by atoms with Crippen molar-refractivity contribution < 1.29 is 19.5 Å². The number of hydrogen-bond acceptors (Lipinski definition) is 3. The van der Waals surface area contributed by atoms with E-state index in [2.05, 4.69) is 0 Å². The van der Waals surface area contributed by atoms with Crippen molar-refractivity contribution in [2.45, 2.75) is 6.92 Å². The predicted octanol–water partition coefficient (Wildman–Crippen LogP) is 1.86. The van der Waals surface area contributed by atoms with Crippen LogP contribution < -0.4 is 4.90 Å². The number of rotatable bonds is 2. The lowest BCUT2D eigenvalue weighted by Crippen LogP contribution is -2.30. The van der Waals surface area contributed by atoms with Gasteiger partial charge in [0.15, 0.2) is 0 Å². The largest absolute Gasteiger partial charge is 0.478 e. The van der Waals surface area contributed by atoms with Gasteiger partial charge in [0.2, 0.25) is 0 Å². The highest BCUT2D eigenvalue weighted by atomic mass is 35.5. The summed E-state index contributed by atoms with van der Waals surface area (Å²) in [6, 6.07) is 3.92. The van der Waals surface area contributed by atoms with Crippen LogP contribution in [0, 0.1) is 0 Å². The lowest BCUT2D eigenvalue weighted by molar-refractivity contribution is -0.120. The Morgan fingerprint density at radius 2 is 2.00 bits per heavy atom. The van der Waals surface area contributed by atoms with Gasteiger partial charge in [0.1, 0.15) is 0 Å². The number of carbonyl (C=O) groups is 3. The van der Waals surface area contributed by atoms with Crippen LogP contribution in [-0.2, 0) is 9.59 Å². The smallest absolute Gasteiger partial charge is 0.337 e. The van der Waals surface area contributed by atoms with Crippen LogP contribution >= 0.6 is 11.6 Å². The minimum Gasteiger partial charge on any atom is -0.478 e. The SMILES string of the molecule is CC1=CC(=O)N(c2ccc(C(=O)O)c(Cl)c2)C1=O. The fraction of sp³-hybridized carbons (Fsp3) is 0.0833. The van der Waals surface area contributed by atoms with E-state index in [0.29, 0.717) is 5.57 Å². The summed E-state index contributed by atoms with van der Waals surface area (Å²) < 4.78 is 0. The molecule has 0 aliphatic carbocycles. The van der Waals surface area contributed by atoms with Crippen molar-refractivity contribution in [3.63, 3.8) is 0 Å². The van der Waals surface area contributed by atoms with E-state index in [0.717, 1.165) is 4.90 Å². The molecule has 0 spiro atoms. The summed E-state index contributed by atoms with van der Waals surface area (Å²) in [6.45, 7) is 1.54. The second-order valence-corrected chi connectivity index (χ2v) is 4.18. The van der Waals surface area contributed by atoms with Crippen molar-refractivity contribution in [1.29, 1.82) is 0 Å². The molecular formula is C12H8ClNO4. The molecule has 0 bridgehead atoms. The fourth-order valence-corrected chi connectivity index (χ4v) is 1.90. The summed E-state index contributed by atoms with van der Waals surface area (Å²) in [5.74, 6) is -2.06. The number of carbonyl (C=O) groups excluding carboxylic acids is 2. The molecule has 0 saturated heterocycles. The van der Waals surface area contributed by atoms with Gasteiger partial charge in [-0.3, -0.25) is 9.59 Å². The minimum absolute atomic E-state index is 0.0230. The molecule has 1 heterocycles. The zero-order valence-electron chi connectivity index (χ0n) is 9.31. The van der Waals surface area contributed by atoms with Gasteiger partial charge in [-0.15, -0.1) is 0 Å². The number of imide groups is 1. The molecule has 1 aromatic rings. The van der Waals surface area contributed by atoms with E-state index in [1.54, 1.807) is 0 Å². The number of amides is 2. The van der Waals surface area contributed by atoms with E-state index in [4.69, 9.17) is 16.7 Å². The molecule has 0 atom stereocenters. The number of carboxylic acid groups (broad SMARTS) is 1. The molecule has 0 fully saturated rings. The highest BCUT2D eigenvalue weighted by molar-refractivity contribution is 6.35. The number of anilines is 1. The van der Waals surface area contributed by atoms with Crippen LogP contribution in [0.5, 0.6) is 0 Å². The Balaban J connectivity index is 2.43. The van der Waals surface area contributed by atoms with Crippen LogP contribution in [-0.4, -0.2) is 22.9 Å². The van der Waals surface area contributed by atoms with E-state index in [-0.39, 0.29) is 16.3 Å². The van der Waals surface area contributed by atoms with Crippen molar-refractivity contribution in [3.05, 3.63) is 40.4 Å². The molecular weight excluding hydrogens is 258 g/mol. The Morgan fingerprint density at radius 1 is 1.33 bits per heavy atom. The van der Waals surface area contributed by atoms with Crippen LogP contribution in [0.15, 0.2) is 29.8 Å². The number of aromatic carboxylic acids is 1. The first-order valence-electron chi connectivity index (χ1n) is 5.01. The van der Waals surface area contributed by atoms with Crippen LogP contribution in [0.2, 0.25) is 5.02 Å². The van der Waals surface area contributed by atoms with Crippen molar-refractivity contribution in [2.24, 2.45) is 0 Å². The lowest BCUT2D eigenvalue weighted by Gasteiger charge is -2.15. The molecule has 1 N–H and O–H groups in total. The van der Waals surface area contributed by atoms with Gasteiger partial charge in [-0.05, 0) is 25.1 Å². The summed E-state index contributed by atoms with van der Waals surface area (Å²) in [5, 5.41) is 8.80. The van der Waals surface area contributed by atoms with E-state index in [1.165, 1.54) is 31.2 Å². The molecule has 5 nitrogen and oxygen atoms in total. The van der Waals surface area contributed by atoms with E-state index in [1.807, 2.05) is 0 Å². The molecule has 1 aliphatic heterocycles. The zero-order valence-corrected chi connectivity index (χ0v) is 10.1. The molecule has 18 heavy (non-hydrogen) atoms. The van der Waals surface area contributed by atoms with Gasteiger partial charge in [-0.2, -0.15) is 0 Å². The van der Waals surface area contributed by atoms with Gasteiger partial charge < -0.3 is 5.11 Å². The van der Waals surface area contributed by atoms with Crippen molar-refractivity contribution >= 4 is 35.1 Å². The summed E-state index contributed by atoms with van der Waals surface area (Å²) >= 11 is 5.79. The average Bonchev–Trinajstić information content (AvgIpc) is 2.52. The number of carboxylic acids is 1. The lowest BCUT2D eigenvalue weighted by atomic mass is 10.2. The maximum Gasteiger partial charge on any atom is 0.337 e. The van der Waals surface area contributed by atoms with Gasteiger partial charge in [0, 0.05) is 11.6 Å². The first-order chi connectivity index (χ1) is 8.41. The third-order valence-electron chi connectivity index (χ3n) is 2.54. The van der Waals surface area contributed by atoms with Gasteiger partial charge >= 0.3 is 5.97 Å². The second-order valence-electron chi connectivity index (χ2n) is 3.78. The molecule has 1 aromatic carbocycles. The van der Waals surface area contributed by atoms with Crippen molar-refractivity contribution in [2.75, 3.05) is 4.90 Å². The van der Waals surface area contributed by atoms with E-state index in [9.17, 15) is 14.4 Å². The Hall–Kier alpha value is -2.14. The number of hydrogen-bond donors (Lipinski definition) is 1. The van der Waals surface area contributed by atoms with Gasteiger partial charge in [-0.1, -0.05) is 11.6 Å². The maximum atomic E-state index is 11.7. The van der Waals surface area contributed by atoms with Crippen LogP contribution in [0.25, 0.3) is 0 Å². The van der Waals surface area contributed by atoms with E-state index >= 15 is 0 Å². The Bertz CT molecular complexity index is 606. The van der Waals surface area contributed by atoms with Crippen molar-refractivity contribution in [1.82, 2.24) is 0 Å². The van der Waals surface area contributed by atoms with E-state index < -0.39 is 17.8 Å². The third kappa shape index (κ3) is 1.89. The molecule has 6 heteroatoms. The molecule has 2 amide bonds. The highest BCUT2D eigenvalue weighted by Crippen LogP contribution is 2.27. The Morgan fingerprint density at radius 3 is 2.44 bits per heavy atom. The number of nitrogens with zero attached hydrogens (tertiary/aromatic N) is 1. The summed E-state index contributed by atoms with van der Waals surface area (Å²) in [6.07, 6.45) is 1.22. The predicted molar refractivity (Wildman–Crippen MR) is 64.7 cm³/mol. The first-order valence-corrected chi connectivity index (χ1v) is 5.39. The zero-order chi connectivity index (χ0) is 13.4. The molecule has 1 aliphatic rings. The van der Waals surface area contributed by atoms with Crippen LogP contribution in [0.1, 0.15) is 17.3 Å². The monoisotopic (exact) mass is 265 g/mol. The fourth-order valence-electron chi connectivity index (χ4n) is 1.65. The summed E-state index contributed by atoms with van der Waals surface area (Å²) in [5.41, 5.74) is 0.510. The van der Waals surface area contributed by atoms with Gasteiger partial charge in [0.25, 0.3) is 11.8 Å². The molecule has 92 valence electrons. The molecule has 0 saturated carbocycles. The molecule has 0 aromatic heterocycles. The minimum atomic E-state index is -1.17. The standard InChI is InChI=1S/C12H8ClNO4/c1-6-4-10(15)14(11(6)16)7-2-3-8(12(17)18)9(13)5-7/h2-5H,1H3,(H,17,18). The normalized spacial score (nSPS) is 15.0. The van der Waals surface area contributed by atoms with Gasteiger partial charge in [-0.25, -0.2) is 9.69 Å². The van der Waals surface area contributed by atoms with Crippen LogP contribution in [0.4, 0.5) is 5.69 Å². The summed E-state index contributed by atoms with van der Waals surface area (Å²) in [7, 11) is 0. The average molecular weight is 266 g/mol. The topological polar surface area (TPSA) is 74.7 Å². The molecule has 2 rings (SSSR count). The summed E-state index contributed by atoms with van der Waals surface area (Å²) in [4.78, 5) is 35.1. The highest BCUT2D eigenvalue weighted by Gasteiger charge is 2.30. The maximum absolute atomic E-state index is 11.7.